The summed E-state index contributed by atoms with van der Waals surface area (Å²) >= 11 is 5.79. The Labute approximate surface area is 127 Å². The molecule has 0 aliphatic carbocycles. The summed E-state index contributed by atoms with van der Waals surface area (Å²) in [6.45, 7) is 0. The van der Waals surface area contributed by atoms with Crippen LogP contribution in [0, 0.1) is 0 Å². The second-order valence-corrected chi connectivity index (χ2v) is 5.14. The number of nitrogens with zero attached hydrogens (tertiary/aromatic N) is 1. The lowest BCUT2D eigenvalue weighted by atomic mass is 10.1. The maximum absolute atomic E-state index is 12.0. The number of para-hydroxylation sites is 1. The van der Waals surface area contributed by atoms with E-state index >= 15 is 0 Å². The third kappa shape index (κ3) is 3.23. The van der Waals surface area contributed by atoms with Gasteiger partial charge in [-0.1, -0.05) is 35.9 Å². The van der Waals surface area contributed by atoms with Crippen LogP contribution in [0.2, 0.25) is 5.15 Å². The number of anilines is 1. The molecule has 0 aliphatic heterocycles. The molecule has 0 saturated heterocycles. The van der Waals surface area contributed by atoms with Gasteiger partial charge in [0.15, 0.2) is 0 Å². The van der Waals surface area contributed by atoms with Crippen molar-refractivity contribution in [2.45, 2.75) is 12.8 Å². The van der Waals surface area contributed by atoms with E-state index < -0.39 is 0 Å². The van der Waals surface area contributed by atoms with Crippen molar-refractivity contribution < 1.29 is 4.79 Å². The number of aromatic amines is 1. The van der Waals surface area contributed by atoms with Gasteiger partial charge in [0, 0.05) is 23.5 Å². The number of carbonyl (C=O) groups is 1. The molecule has 3 rings (SSSR count). The smallest absolute Gasteiger partial charge is 0.225 e. The summed E-state index contributed by atoms with van der Waals surface area (Å²) in [6, 6.07) is 13.2. The van der Waals surface area contributed by atoms with Gasteiger partial charge < -0.3 is 10.3 Å². The predicted molar refractivity (Wildman–Crippen MR) is 84.5 cm³/mol. The SMILES string of the molecule is O=C(CCc1c[nH]c2ccccc12)Nc1cccc(Cl)n1. The minimum Gasteiger partial charge on any atom is -0.361 e. The van der Waals surface area contributed by atoms with Crippen LogP contribution in [-0.2, 0) is 11.2 Å². The fourth-order valence-corrected chi connectivity index (χ4v) is 2.43. The Hall–Kier alpha value is -2.33. The van der Waals surface area contributed by atoms with E-state index in [9.17, 15) is 4.79 Å². The van der Waals surface area contributed by atoms with Crippen LogP contribution in [0.4, 0.5) is 5.82 Å². The van der Waals surface area contributed by atoms with Crippen molar-refractivity contribution in [2.75, 3.05) is 5.32 Å². The monoisotopic (exact) mass is 299 g/mol. The molecule has 1 amide bonds. The molecule has 106 valence electrons. The lowest BCUT2D eigenvalue weighted by molar-refractivity contribution is -0.116. The molecule has 2 N–H and O–H groups in total. The first-order chi connectivity index (χ1) is 10.2. The molecule has 1 aromatic carbocycles. The Morgan fingerprint density at radius 1 is 1.19 bits per heavy atom. The molecule has 3 aromatic rings. The number of hydrogen-bond donors (Lipinski definition) is 2. The van der Waals surface area contributed by atoms with Crippen molar-refractivity contribution >= 4 is 34.2 Å². The highest BCUT2D eigenvalue weighted by Crippen LogP contribution is 2.19. The number of nitrogens with one attached hydrogen (secondary N) is 2. The van der Waals surface area contributed by atoms with Crippen LogP contribution in [-0.4, -0.2) is 15.9 Å². The number of pyridine rings is 1. The lowest BCUT2D eigenvalue weighted by Crippen LogP contribution is -2.13. The number of fused-ring (bicyclic) bond motifs is 1. The number of H-pyrrole nitrogens is 1. The van der Waals surface area contributed by atoms with Gasteiger partial charge in [0.05, 0.1) is 0 Å². The van der Waals surface area contributed by atoms with Gasteiger partial charge in [0.25, 0.3) is 0 Å². The highest BCUT2D eigenvalue weighted by atomic mass is 35.5. The van der Waals surface area contributed by atoms with E-state index in [0.717, 1.165) is 16.5 Å². The Bertz CT molecular complexity index is 782. The largest absolute Gasteiger partial charge is 0.361 e. The van der Waals surface area contributed by atoms with Crippen LogP contribution in [0.15, 0.2) is 48.7 Å². The summed E-state index contributed by atoms with van der Waals surface area (Å²) in [5, 5.41) is 4.27. The van der Waals surface area contributed by atoms with E-state index in [2.05, 4.69) is 21.4 Å². The zero-order valence-electron chi connectivity index (χ0n) is 11.3. The number of benzene rings is 1. The third-order valence-corrected chi connectivity index (χ3v) is 3.49. The average molecular weight is 300 g/mol. The van der Waals surface area contributed by atoms with Gasteiger partial charge in [-0.3, -0.25) is 4.79 Å². The van der Waals surface area contributed by atoms with Crippen molar-refractivity contribution in [3.63, 3.8) is 0 Å². The summed E-state index contributed by atoms with van der Waals surface area (Å²) in [7, 11) is 0. The van der Waals surface area contributed by atoms with E-state index in [0.29, 0.717) is 23.8 Å². The van der Waals surface area contributed by atoms with Crippen LogP contribution in [0.3, 0.4) is 0 Å². The van der Waals surface area contributed by atoms with Crippen LogP contribution >= 0.6 is 11.6 Å². The Morgan fingerprint density at radius 2 is 2.05 bits per heavy atom. The van der Waals surface area contributed by atoms with Gasteiger partial charge in [0.1, 0.15) is 11.0 Å². The first kappa shape index (κ1) is 13.6. The van der Waals surface area contributed by atoms with E-state index in [-0.39, 0.29) is 5.91 Å². The van der Waals surface area contributed by atoms with Crippen molar-refractivity contribution in [3.8, 4) is 0 Å². The number of carbonyl (C=O) groups excluding carboxylic acids is 1. The average Bonchev–Trinajstić information content (AvgIpc) is 2.88. The number of halogens is 1. The molecule has 2 heterocycles. The molecule has 4 nitrogen and oxygen atoms in total. The summed E-state index contributed by atoms with van der Waals surface area (Å²) in [5.41, 5.74) is 2.23. The van der Waals surface area contributed by atoms with E-state index in [1.807, 2.05) is 24.4 Å². The quantitative estimate of drug-likeness (QED) is 0.720. The van der Waals surface area contributed by atoms with Gasteiger partial charge in [0.2, 0.25) is 5.91 Å². The first-order valence-corrected chi connectivity index (χ1v) is 7.07. The molecule has 2 aromatic heterocycles. The van der Waals surface area contributed by atoms with E-state index in [4.69, 9.17) is 11.6 Å². The van der Waals surface area contributed by atoms with Gasteiger partial charge in [-0.05, 0) is 30.2 Å². The first-order valence-electron chi connectivity index (χ1n) is 6.70. The number of aromatic nitrogens is 2. The van der Waals surface area contributed by atoms with E-state index in [1.165, 1.54) is 0 Å². The zero-order chi connectivity index (χ0) is 14.7. The van der Waals surface area contributed by atoms with Crippen LogP contribution in [0.1, 0.15) is 12.0 Å². The minimum atomic E-state index is -0.0740. The molecule has 0 saturated carbocycles. The van der Waals surface area contributed by atoms with Crippen molar-refractivity contribution in [1.82, 2.24) is 9.97 Å². The van der Waals surface area contributed by atoms with Gasteiger partial charge in [-0.2, -0.15) is 0 Å². The summed E-state index contributed by atoms with van der Waals surface area (Å²) < 4.78 is 0. The topological polar surface area (TPSA) is 57.8 Å². The lowest BCUT2D eigenvalue weighted by Gasteiger charge is -2.04. The molecule has 0 bridgehead atoms. The summed E-state index contributed by atoms with van der Waals surface area (Å²) in [5.74, 6) is 0.404. The van der Waals surface area contributed by atoms with Crippen LogP contribution in [0.5, 0.6) is 0 Å². The molecule has 5 heteroatoms. The minimum absolute atomic E-state index is 0.0740. The number of aryl methyl sites for hydroxylation is 1. The number of amides is 1. The Kier molecular flexibility index (Phi) is 3.88. The van der Waals surface area contributed by atoms with Crippen molar-refractivity contribution in [2.24, 2.45) is 0 Å². The van der Waals surface area contributed by atoms with E-state index in [1.54, 1.807) is 18.2 Å². The summed E-state index contributed by atoms with van der Waals surface area (Å²) in [6.07, 6.45) is 3.03. The third-order valence-electron chi connectivity index (χ3n) is 3.28. The summed E-state index contributed by atoms with van der Waals surface area (Å²) in [4.78, 5) is 19.2. The maximum atomic E-state index is 12.0. The highest BCUT2D eigenvalue weighted by molar-refractivity contribution is 6.29. The Morgan fingerprint density at radius 3 is 2.90 bits per heavy atom. The number of rotatable bonds is 4. The maximum Gasteiger partial charge on any atom is 0.225 e. The molecule has 0 radical (unpaired) electrons. The zero-order valence-corrected chi connectivity index (χ0v) is 12.0. The molecular weight excluding hydrogens is 286 g/mol. The fourth-order valence-electron chi connectivity index (χ4n) is 2.27. The second kappa shape index (κ2) is 5.97. The second-order valence-electron chi connectivity index (χ2n) is 4.75. The fraction of sp³-hybridized carbons (Fsp3) is 0.125. The van der Waals surface area contributed by atoms with Crippen molar-refractivity contribution in [3.05, 3.63) is 59.4 Å². The molecule has 0 fully saturated rings. The van der Waals surface area contributed by atoms with Gasteiger partial charge in [-0.15, -0.1) is 0 Å². The van der Waals surface area contributed by atoms with Crippen LogP contribution in [0.25, 0.3) is 10.9 Å². The molecule has 0 aliphatic rings. The number of hydrogen-bond acceptors (Lipinski definition) is 2. The Balaban J connectivity index is 1.63. The highest BCUT2D eigenvalue weighted by Gasteiger charge is 2.07. The van der Waals surface area contributed by atoms with Gasteiger partial charge >= 0.3 is 0 Å². The molecular formula is C16H14ClN3O. The standard InChI is InChI=1S/C16H14ClN3O/c17-14-6-3-7-15(19-14)20-16(21)9-8-11-10-18-13-5-2-1-4-12(11)13/h1-7,10,18H,8-9H2,(H,19,20,21). The molecule has 21 heavy (non-hydrogen) atoms. The molecule has 0 spiro atoms. The normalized spacial score (nSPS) is 10.7. The predicted octanol–water partition coefficient (Wildman–Crippen LogP) is 3.79. The molecule has 0 atom stereocenters. The molecule has 0 unspecified atom stereocenters. The van der Waals surface area contributed by atoms with Crippen molar-refractivity contribution in [1.29, 1.82) is 0 Å². The van der Waals surface area contributed by atoms with Gasteiger partial charge in [-0.25, -0.2) is 4.98 Å². The van der Waals surface area contributed by atoms with Crippen LogP contribution < -0.4 is 5.32 Å².